The molecule has 7 heteroatoms. The van der Waals surface area contributed by atoms with Crippen LogP contribution in [0.2, 0.25) is 0 Å². The SMILES string of the molecule is COc1ccc(OC)c(/C=N\O[C@H](C)C(=O)Nc2ccc(Br)cc2)c1. The van der Waals surface area contributed by atoms with Crippen molar-refractivity contribution in [1.29, 1.82) is 0 Å². The van der Waals surface area contributed by atoms with E-state index in [4.69, 9.17) is 14.3 Å². The molecule has 0 fully saturated rings. The van der Waals surface area contributed by atoms with E-state index in [-0.39, 0.29) is 5.91 Å². The lowest BCUT2D eigenvalue weighted by Crippen LogP contribution is -2.26. The average Bonchev–Trinajstić information content (AvgIpc) is 2.63. The van der Waals surface area contributed by atoms with Crippen LogP contribution in [0, 0.1) is 0 Å². The van der Waals surface area contributed by atoms with Crippen molar-refractivity contribution in [2.24, 2.45) is 5.16 Å². The maximum atomic E-state index is 12.1. The van der Waals surface area contributed by atoms with E-state index in [0.717, 1.165) is 4.47 Å². The Morgan fingerprint density at radius 2 is 1.88 bits per heavy atom. The summed E-state index contributed by atoms with van der Waals surface area (Å²) in [6.45, 7) is 1.62. The minimum atomic E-state index is -0.753. The van der Waals surface area contributed by atoms with Crippen LogP contribution in [0.1, 0.15) is 12.5 Å². The second-order valence-electron chi connectivity index (χ2n) is 5.09. The quantitative estimate of drug-likeness (QED) is 0.559. The normalized spacial score (nSPS) is 11.8. The molecule has 0 aromatic heterocycles. The van der Waals surface area contributed by atoms with Crippen molar-refractivity contribution < 1.29 is 19.1 Å². The van der Waals surface area contributed by atoms with Crippen molar-refractivity contribution >= 4 is 33.7 Å². The molecular formula is C18H19BrN2O4. The zero-order chi connectivity index (χ0) is 18.2. The fourth-order valence-corrected chi connectivity index (χ4v) is 2.21. The van der Waals surface area contributed by atoms with Gasteiger partial charge in [0.05, 0.1) is 20.4 Å². The van der Waals surface area contributed by atoms with Crippen molar-refractivity contribution in [3.8, 4) is 11.5 Å². The van der Waals surface area contributed by atoms with Gasteiger partial charge in [0.25, 0.3) is 5.91 Å². The second-order valence-corrected chi connectivity index (χ2v) is 6.00. The maximum Gasteiger partial charge on any atom is 0.267 e. The molecule has 1 atom stereocenters. The number of benzene rings is 2. The van der Waals surface area contributed by atoms with E-state index in [1.807, 2.05) is 12.1 Å². The summed E-state index contributed by atoms with van der Waals surface area (Å²) in [4.78, 5) is 17.3. The van der Waals surface area contributed by atoms with Gasteiger partial charge in [-0.15, -0.1) is 0 Å². The monoisotopic (exact) mass is 406 g/mol. The van der Waals surface area contributed by atoms with Gasteiger partial charge in [0.2, 0.25) is 6.10 Å². The van der Waals surface area contributed by atoms with Crippen molar-refractivity contribution in [2.45, 2.75) is 13.0 Å². The number of hydrogen-bond acceptors (Lipinski definition) is 5. The molecule has 0 saturated heterocycles. The predicted molar refractivity (Wildman–Crippen MR) is 100 cm³/mol. The summed E-state index contributed by atoms with van der Waals surface area (Å²) in [5.41, 5.74) is 1.37. The van der Waals surface area contributed by atoms with Gasteiger partial charge in [-0.25, -0.2) is 0 Å². The number of nitrogens with zero attached hydrogens (tertiary/aromatic N) is 1. The van der Waals surface area contributed by atoms with Crippen LogP contribution in [0.5, 0.6) is 11.5 Å². The highest BCUT2D eigenvalue weighted by Crippen LogP contribution is 2.22. The summed E-state index contributed by atoms with van der Waals surface area (Å²) in [6, 6.07) is 12.6. The lowest BCUT2D eigenvalue weighted by Gasteiger charge is -2.11. The third-order valence-corrected chi connectivity index (χ3v) is 3.86. The smallest absolute Gasteiger partial charge is 0.267 e. The van der Waals surface area contributed by atoms with E-state index in [1.54, 1.807) is 51.5 Å². The van der Waals surface area contributed by atoms with Crippen LogP contribution in [0.25, 0.3) is 0 Å². The number of hydrogen-bond donors (Lipinski definition) is 1. The number of nitrogens with one attached hydrogen (secondary N) is 1. The van der Waals surface area contributed by atoms with Crippen LogP contribution in [0.4, 0.5) is 5.69 Å². The maximum absolute atomic E-state index is 12.1. The molecule has 0 unspecified atom stereocenters. The van der Waals surface area contributed by atoms with Crippen LogP contribution in [-0.4, -0.2) is 32.4 Å². The molecule has 1 N–H and O–H groups in total. The fraction of sp³-hybridized carbons (Fsp3) is 0.222. The molecule has 0 spiro atoms. The number of oxime groups is 1. The first-order valence-corrected chi connectivity index (χ1v) is 8.30. The molecular weight excluding hydrogens is 388 g/mol. The lowest BCUT2D eigenvalue weighted by molar-refractivity contribution is -0.126. The molecule has 0 bridgehead atoms. The largest absolute Gasteiger partial charge is 0.497 e. The predicted octanol–water partition coefficient (Wildman–Crippen LogP) is 3.84. The van der Waals surface area contributed by atoms with Gasteiger partial charge in [0.15, 0.2) is 0 Å². The molecule has 2 aromatic carbocycles. The highest BCUT2D eigenvalue weighted by Gasteiger charge is 2.14. The summed E-state index contributed by atoms with van der Waals surface area (Å²) in [5, 5.41) is 6.63. The summed E-state index contributed by atoms with van der Waals surface area (Å²) in [6.07, 6.45) is 0.724. The standard InChI is InChI=1S/C18H19BrN2O4/c1-12(18(22)21-15-6-4-14(19)5-7-15)25-20-11-13-10-16(23-2)8-9-17(13)24-3/h4-12H,1-3H3,(H,21,22)/b20-11-/t12-/m1/s1. The Morgan fingerprint density at radius 3 is 2.52 bits per heavy atom. The minimum Gasteiger partial charge on any atom is -0.497 e. The number of amides is 1. The van der Waals surface area contributed by atoms with Crippen LogP contribution in [-0.2, 0) is 9.63 Å². The van der Waals surface area contributed by atoms with Crippen LogP contribution in [0.15, 0.2) is 52.1 Å². The van der Waals surface area contributed by atoms with Gasteiger partial charge in [-0.1, -0.05) is 21.1 Å². The number of anilines is 1. The Kier molecular flexibility index (Phi) is 6.82. The van der Waals surface area contributed by atoms with Gasteiger partial charge in [-0.05, 0) is 49.4 Å². The van der Waals surface area contributed by atoms with Gasteiger partial charge in [0.1, 0.15) is 11.5 Å². The second kappa shape index (κ2) is 9.08. The third kappa shape index (κ3) is 5.49. The highest BCUT2D eigenvalue weighted by molar-refractivity contribution is 9.10. The van der Waals surface area contributed by atoms with Crippen molar-refractivity contribution in [3.63, 3.8) is 0 Å². The van der Waals surface area contributed by atoms with E-state index < -0.39 is 6.10 Å². The number of carbonyl (C=O) groups excluding carboxylic acids is 1. The Balaban J connectivity index is 1.96. The lowest BCUT2D eigenvalue weighted by atomic mass is 10.2. The van der Waals surface area contributed by atoms with Gasteiger partial charge >= 0.3 is 0 Å². The number of carbonyl (C=O) groups is 1. The molecule has 2 rings (SSSR count). The topological polar surface area (TPSA) is 69.1 Å². The van der Waals surface area contributed by atoms with E-state index in [2.05, 4.69) is 26.4 Å². The molecule has 0 heterocycles. The Hall–Kier alpha value is -2.54. The fourth-order valence-electron chi connectivity index (χ4n) is 1.94. The van der Waals surface area contributed by atoms with Crippen LogP contribution >= 0.6 is 15.9 Å². The van der Waals surface area contributed by atoms with E-state index in [0.29, 0.717) is 22.7 Å². The Morgan fingerprint density at radius 1 is 1.16 bits per heavy atom. The first-order chi connectivity index (χ1) is 12.0. The number of rotatable bonds is 7. The summed E-state index contributed by atoms with van der Waals surface area (Å²) >= 11 is 3.34. The van der Waals surface area contributed by atoms with Crippen LogP contribution < -0.4 is 14.8 Å². The summed E-state index contributed by atoms with van der Waals surface area (Å²) in [7, 11) is 3.14. The van der Waals surface area contributed by atoms with Gasteiger partial charge in [0, 0.05) is 15.7 Å². The van der Waals surface area contributed by atoms with E-state index in [1.165, 1.54) is 6.21 Å². The molecule has 1 amide bonds. The minimum absolute atomic E-state index is 0.294. The van der Waals surface area contributed by atoms with Gasteiger partial charge < -0.3 is 19.6 Å². The first kappa shape index (κ1) is 18.8. The molecule has 132 valence electrons. The van der Waals surface area contributed by atoms with Gasteiger partial charge in [-0.3, -0.25) is 4.79 Å². The van der Waals surface area contributed by atoms with Crippen LogP contribution in [0.3, 0.4) is 0 Å². The third-order valence-electron chi connectivity index (χ3n) is 3.33. The van der Waals surface area contributed by atoms with E-state index >= 15 is 0 Å². The van der Waals surface area contributed by atoms with Crippen molar-refractivity contribution in [1.82, 2.24) is 0 Å². The molecule has 0 radical (unpaired) electrons. The number of ether oxygens (including phenoxy) is 2. The summed E-state index contributed by atoms with van der Waals surface area (Å²) < 4.78 is 11.4. The zero-order valence-electron chi connectivity index (χ0n) is 14.2. The Labute approximate surface area is 154 Å². The molecule has 6 nitrogen and oxygen atoms in total. The molecule has 0 aliphatic carbocycles. The first-order valence-electron chi connectivity index (χ1n) is 7.51. The van der Waals surface area contributed by atoms with E-state index in [9.17, 15) is 4.79 Å². The summed E-state index contributed by atoms with van der Waals surface area (Å²) in [5.74, 6) is 1.00. The van der Waals surface area contributed by atoms with Crippen molar-refractivity contribution in [3.05, 3.63) is 52.5 Å². The highest BCUT2D eigenvalue weighted by atomic mass is 79.9. The zero-order valence-corrected chi connectivity index (χ0v) is 15.7. The Bertz CT molecular complexity index is 747. The molecule has 0 aliphatic heterocycles. The van der Waals surface area contributed by atoms with Crippen molar-refractivity contribution in [2.75, 3.05) is 19.5 Å². The molecule has 0 aliphatic rings. The molecule has 25 heavy (non-hydrogen) atoms. The molecule has 0 saturated carbocycles. The number of methoxy groups -OCH3 is 2. The number of halogens is 1. The molecule has 2 aromatic rings. The van der Waals surface area contributed by atoms with Gasteiger partial charge in [-0.2, -0.15) is 0 Å². The average molecular weight is 407 g/mol.